The van der Waals surface area contributed by atoms with Crippen LogP contribution in [0, 0.1) is 0 Å². The van der Waals surface area contributed by atoms with Gasteiger partial charge in [-0.1, -0.05) is 30.3 Å². The van der Waals surface area contributed by atoms with Crippen molar-refractivity contribution in [1.82, 2.24) is 15.1 Å². The van der Waals surface area contributed by atoms with Crippen LogP contribution in [0.25, 0.3) is 0 Å². The third-order valence-electron chi connectivity index (χ3n) is 5.18. The number of phenolic OH excluding ortho intramolecular Hbond substituents is 1. The second kappa shape index (κ2) is 9.57. The summed E-state index contributed by atoms with van der Waals surface area (Å²) in [4.78, 5) is 17.3. The molecule has 0 unspecified atom stereocenters. The lowest BCUT2D eigenvalue weighted by Crippen LogP contribution is -2.51. The summed E-state index contributed by atoms with van der Waals surface area (Å²) in [6, 6.07) is 14.8. The Balaban J connectivity index is 1.55. The summed E-state index contributed by atoms with van der Waals surface area (Å²) in [5.41, 5.74) is 1.28. The van der Waals surface area contributed by atoms with E-state index in [4.69, 9.17) is 4.74 Å². The van der Waals surface area contributed by atoms with E-state index in [1.165, 1.54) is 6.07 Å². The van der Waals surface area contributed by atoms with Crippen molar-refractivity contribution in [2.75, 3.05) is 39.8 Å². The molecule has 0 saturated carbocycles. The smallest absolute Gasteiger partial charge is 0.255 e. The van der Waals surface area contributed by atoms with Gasteiger partial charge < -0.3 is 20.1 Å². The molecule has 6 heteroatoms. The van der Waals surface area contributed by atoms with Crippen LogP contribution < -0.4 is 10.1 Å². The maximum Gasteiger partial charge on any atom is 0.255 e. The fraction of sp³-hybridized carbons (Fsp3) is 0.409. The van der Waals surface area contributed by atoms with E-state index in [-0.39, 0.29) is 23.3 Å². The van der Waals surface area contributed by atoms with Gasteiger partial charge in [-0.3, -0.25) is 9.69 Å². The SMILES string of the molecule is C[C@@H](CNC(=O)c1cc(OCc2ccccc2)ccc1O)N1CCN(C)CC1. The standard InChI is InChI=1S/C22H29N3O3/c1-17(25-12-10-24(2)11-13-25)15-23-22(27)20-14-19(8-9-21(20)26)28-16-18-6-4-3-5-7-18/h3-9,14,17,26H,10-13,15-16H2,1-2H3,(H,23,27)/t17-/m0/s1. The van der Waals surface area contributed by atoms with Gasteiger partial charge >= 0.3 is 0 Å². The van der Waals surface area contributed by atoms with Crippen molar-refractivity contribution in [3.05, 3.63) is 59.7 Å². The molecule has 0 aliphatic carbocycles. The molecular formula is C22H29N3O3. The molecule has 2 aromatic carbocycles. The molecule has 2 N–H and O–H groups in total. The maximum atomic E-state index is 12.6. The molecule has 1 aliphatic rings. The number of hydrogen-bond acceptors (Lipinski definition) is 5. The zero-order chi connectivity index (χ0) is 19.9. The molecule has 28 heavy (non-hydrogen) atoms. The minimum atomic E-state index is -0.288. The summed E-state index contributed by atoms with van der Waals surface area (Å²) in [5.74, 6) is 0.222. The summed E-state index contributed by atoms with van der Waals surface area (Å²) < 4.78 is 5.76. The highest BCUT2D eigenvalue weighted by Gasteiger charge is 2.20. The molecule has 1 fully saturated rings. The topological polar surface area (TPSA) is 65.0 Å². The second-order valence-electron chi connectivity index (χ2n) is 7.35. The fourth-order valence-electron chi connectivity index (χ4n) is 3.26. The van der Waals surface area contributed by atoms with Gasteiger partial charge in [0.1, 0.15) is 18.1 Å². The van der Waals surface area contributed by atoms with Gasteiger partial charge in [0.15, 0.2) is 0 Å². The number of benzene rings is 2. The molecule has 150 valence electrons. The van der Waals surface area contributed by atoms with Gasteiger partial charge in [0.05, 0.1) is 5.56 Å². The fourth-order valence-corrected chi connectivity index (χ4v) is 3.26. The van der Waals surface area contributed by atoms with Gasteiger partial charge in [0.25, 0.3) is 5.91 Å². The van der Waals surface area contributed by atoms with Crippen molar-refractivity contribution in [3.63, 3.8) is 0 Å². The normalized spacial score (nSPS) is 16.5. The number of amides is 1. The van der Waals surface area contributed by atoms with Crippen molar-refractivity contribution in [2.45, 2.75) is 19.6 Å². The third kappa shape index (κ3) is 5.47. The lowest BCUT2D eigenvalue weighted by Gasteiger charge is -2.36. The molecule has 1 aliphatic heterocycles. The van der Waals surface area contributed by atoms with Crippen LogP contribution in [0.4, 0.5) is 0 Å². The van der Waals surface area contributed by atoms with Gasteiger partial charge in [-0.25, -0.2) is 0 Å². The molecule has 1 atom stereocenters. The average Bonchev–Trinajstić information content (AvgIpc) is 2.72. The molecule has 0 bridgehead atoms. The summed E-state index contributed by atoms with van der Waals surface area (Å²) >= 11 is 0. The minimum absolute atomic E-state index is 0.0446. The molecule has 1 saturated heterocycles. The van der Waals surface area contributed by atoms with Crippen LogP contribution >= 0.6 is 0 Å². The van der Waals surface area contributed by atoms with Crippen molar-refractivity contribution < 1.29 is 14.6 Å². The molecule has 2 aromatic rings. The monoisotopic (exact) mass is 383 g/mol. The van der Waals surface area contributed by atoms with Crippen molar-refractivity contribution >= 4 is 5.91 Å². The first kappa shape index (κ1) is 20.2. The number of phenols is 1. The number of nitrogens with one attached hydrogen (secondary N) is 1. The summed E-state index contributed by atoms with van der Waals surface area (Å²) in [5, 5.41) is 13.0. The molecule has 3 rings (SSSR count). The first-order valence-corrected chi connectivity index (χ1v) is 9.73. The Morgan fingerprint density at radius 3 is 2.57 bits per heavy atom. The van der Waals surface area contributed by atoms with Gasteiger partial charge in [0.2, 0.25) is 0 Å². The Bertz CT molecular complexity index is 774. The number of likely N-dealkylation sites (N-methyl/N-ethyl adjacent to an activating group) is 1. The number of carbonyl (C=O) groups is 1. The lowest BCUT2D eigenvalue weighted by molar-refractivity contribution is 0.0900. The van der Waals surface area contributed by atoms with Crippen molar-refractivity contribution in [1.29, 1.82) is 0 Å². The van der Waals surface area contributed by atoms with E-state index in [0.29, 0.717) is 18.9 Å². The van der Waals surface area contributed by atoms with E-state index in [0.717, 1.165) is 31.7 Å². The highest BCUT2D eigenvalue weighted by Crippen LogP contribution is 2.23. The number of rotatable bonds is 7. The molecule has 6 nitrogen and oxygen atoms in total. The van der Waals surface area contributed by atoms with Crippen LogP contribution in [0.1, 0.15) is 22.8 Å². The van der Waals surface area contributed by atoms with Crippen molar-refractivity contribution in [3.8, 4) is 11.5 Å². The van der Waals surface area contributed by atoms with E-state index in [2.05, 4.69) is 29.1 Å². The summed E-state index contributed by atoms with van der Waals surface area (Å²) in [6.45, 7) is 7.15. The molecule has 1 heterocycles. The zero-order valence-electron chi connectivity index (χ0n) is 16.6. The van der Waals surface area contributed by atoms with E-state index >= 15 is 0 Å². The predicted molar refractivity (Wildman–Crippen MR) is 110 cm³/mol. The summed E-state index contributed by atoms with van der Waals surface area (Å²) in [6.07, 6.45) is 0. The third-order valence-corrected chi connectivity index (χ3v) is 5.18. The summed E-state index contributed by atoms with van der Waals surface area (Å²) in [7, 11) is 2.12. The Morgan fingerprint density at radius 2 is 1.86 bits per heavy atom. The molecule has 0 spiro atoms. The lowest BCUT2D eigenvalue weighted by atomic mass is 10.1. The van der Waals surface area contributed by atoms with Crippen LogP contribution in [0.5, 0.6) is 11.5 Å². The van der Waals surface area contributed by atoms with Crippen LogP contribution in [0.15, 0.2) is 48.5 Å². The Morgan fingerprint density at radius 1 is 1.14 bits per heavy atom. The van der Waals surface area contributed by atoms with E-state index < -0.39 is 0 Å². The number of piperazine rings is 1. The van der Waals surface area contributed by atoms with Gasteiger partial charge in [0, 0.05) is 38.8 Å². The first-order valence-electron chi connectivity index (χ1n) is 9.73. The zero-order valence-corrected chi connectivity index (χ0v) is 16.6. The second-order valence-corrected chi connectivity index (χ2v) is 7.35. The van der Waals surface area contributed by atoms with Gasteiger partial charge in [-0.2, -0.15) is 0 Å². The molecule has 1 amide bonds. The predicted octanol–water partition coefficient (Wildman–Crippen LogP) is 2.34. The number of carbonyl (C=O) groups excluding carboxylic acids is 1. The van der Waals surface area contributed by atoms with Crippen LogP contribution in [-0.4, -0.2) is 66.6 Å². The Labute approximate surface area is 166 Å². The average molecular weight is 383 g/mol. The molecular weight excluding hydrogens is 354 g/mol. The van der Waals surface area contributed by atoms with Gasteiger partial charge in [-0.05, 0) is 37.7 Å². The first-order chi connectivity index (χ1) is 13.5. The van der Waals surface area contributed by atoms with E-state index in [1.807, 2.05) is 30.3 Å². The minimum Gasteiger partial charge on any atom is -0.507 e. The number of aromatic hydroxyl groups is 1. The van der Waals surface area contributed by atoms with E-state index in [9.17, 15) is 9.90 Å². The number of ether oxygens (including phenoxy) is 1. The number of hydrogen-bond donors (Lipinski definition) is 2. The Kier molecular flexibility index (Phi) is 6.90. The molecule has 0 radical (unpaired) electrons. The number of nitrogens with zero attached hydrogens (tertiary/aromatic N) is 2. The molecule has 0 aromatic heterocycles. The largest absolute Gasteiger partial charge is 0.507 e. The van der Waals surface area contributed by atoms with Crippen molar-refractivity contribution in [2.24, 2.45) is 0 Å². The maximum absolute atomic E-state index is 12.6. The Hall–Kier alpha value is -2.57. The van der Waals surface area contributed by atoms with Gasteiger partial charge in [-0.15, -0.1) is 0 Å². The van der Waals surface area contributed by atoms with Crippen LogP contribution in [0.3, 0.4) is 0 Å². The highest BCUT2D eigenvalue weighted by molar-refractivity contribution is 5.97. The van der Waals surface area contributed by atoms with Crippen LogP contribution in [-0.2, 0) is 6.61 Å². The van der Waals surface area contributed by atoms with Crippen LogP contribution in [0.2, 0.25) is 0 Å². The van der Waals surface area contributed by atoms with E-state index in [1.54, 1.807) is 12.1 Å². The highest BCUT2D eigenvalue weighted by atomic mass is 16.5. The quantitative estimate of drug-likeness (QED) is 0.768.